The topological polar surface area (TPSA) is 70.2 Å². The Balaban J connectivity index is 1.78. The van der Waals surface area contributed by atoms with Gasteiger partial charge in [0.05, 0.1) is 12.6 Å². The zero-order chi connectivity index (χ0) is 14.5. The van der Waals surface area contributed by atoms with Crippen LogP contribution < -0.4 is 5.32 Å². The third-order valence-electron chi connectivity index (χ3n) is 3.64. The molecule has 2 rings (SSSR count). The van der Waals surface area contributed by atoms with Crippen LogP contribution in [0, 0.1) is 6.92 Å². The van der Waals surface area contributed by atoms with Crippen LogP contribution in [0.3, 0.4) is 0 Å². The van der Waals surface area contributed by atoms with Crippen molar-refractivity contribution in [3.05, 3.63) is 17.7 Å². The Morgan fingerprint density at radius 3 is 2.85 bits per heavy atom. The number of ether oxygens (including phenoxy) is 1. The van der Waals surface area contributed by atoms with Gasteiger partial charge in [-0.25, -0.2) is 9.78 Å². The molecule has 0 saturated carbocycles. The molecule has 0 radical (unpaired) electrons. The number of aryl methyl sites for hydroxylation is 1. The van der Waals surface area contributed by atoms with E-state index >= 15 is 0 Å². The van der Waals surface area contributed by atoms with E-state index in [0.29, 0.717) is 12.6 Å². The van der Waals surface area contributed by atoms with Crippen molar-refractivity contribution in [1.29, 1.82) is 0 Å². The van der Waals surface area contributed by atoms with Crippen molar-refractivity contribution in [2.45, 2.75) is 45.7 Å². The maximum Gasteiger partial charge on any atom is 0.409 e. The number of nitrogens with one attached hydrogen (secondary N) is 2. The van der Waals surface area contributed by atoms with E-state index < -0.39 is 0 Å². The lowest BCUT2D eigenvalue weighted by molar-refractivity contribution is 0.0943. The van der Waals surface area contributed by atoms with E-state index in [1.807, 2.05) is 20.0 Å². The molecule has 1 amide bonds. The van der Waals surface area contributed by atoms with Crippen molar-refractivity contribution in [2.24, 2.45) is 0 Å². The molecule has 1 atom stereocenters. The summed E-state index contributed by atoms with van der Waals surface area (Å²) in [5.74, 6) is 0.968. The Kier molecular flexibility index (Phi) is 5.00. The number of amides is 1. The van der Waals surface area contributed by atoms with E-state index in [9.17, 15) is 4.79 Å². The van der Waals surface area contributed by atoms with Crippen LogP contribution in [-0.4, -0.2) is 46.7 Å². The Morgan fingerprint density at radius 2 is 2.30 bits per heavy atom. The Morgan fingerprint density at radius 1 is 1.60 bits per heavy atom. The number of aromatic nitrogens is 2. The highest BCUT2D eigenvalue weighted by Gasteiger charge is 2.24. The van der Waals surface area contributed by atoms with Gasteiger partial charge in [0.1, 0.15) is 5.82 Å². The first-order valence-electron chi connectivity index (χ1n) is 7.29. The maximum absolute atomic E-state index is 11.6. The van der Waals surface area contributed by atoms with Crippen LogP contribution in [0.5, 0.6) is 0 Å². The van der Waals surface area contributed by atoms with Crippen LogP contribution in [0.4, 0.5) is 4.79 Å². The number of rotatable bonds is 4. The number of hydrogen-bond acceptors (Lipinski definition) is 4. The highest BCUT2D eigenvalue weighted by atomic mass is 16.6. The predicted molar refractivity (Wildman–Crippen MR) is 76.5 cm³/mol. The summed E-state index contributed by atoms with van der Waals surface area (Å²) in [7, 11) is 0. The van der Waals surface area contributed by atoms with Crippen molar-refractivity contribution < 1.29 is 9.53 Å². The fourth-order valence-electron chi connectivity index (χ4n) is 2.53. The van der Waals surface area contributed by atoms with Gasteiger partial charge in [0.2, 0.25) is 0 Å². The number of nitrogens with zero attached hydrogens (tertiary/aromatic N) is 2. The van der Waals surface area contributed by atoms with Gasteiger partial charge in [0.25, 0.3) is 0 Å². The average Bonchev–Trinajstić information content (AvgIpc) is 2.86. The number of likely N-dealkylation sites (tertiary alicyclic amines) is 1. The summed E-state index contributed by atoms with van der Waals surface area (Å²) >= 11 is 0. The van der Waals surface area contributed by atoms with Crippen LogP contribution in [0.2, 0.25) is 0 Å². The second-order valence-electron chi connectivity index (χ2n) is 5.30. The summed E-state index contributed by atoms with van der Waals surface area (Å²) in [6.45, 7) is 7.88. The van der Waals surface area contributed by atoms with E-state index in [4.69, 9.17) is 4.74 Å². The quantitative estimate of drug-likeness (QED) is 0.885. The molecule has 1 fully saturated rings. The molecule has 1 aliphatic heterocycles. The normalized spacial score (nSPS) is 18.1. The minimum absolute atomic E-state index is 0.194. The molecule has 1 aliphatic rings. The molecular weight excluding hydrogens is 256 g/mol. The molecule has 0 aliphatic carbocycles. The summed E-state index contributed by atoms with van der Waals surface area (Å²) in [6, 6.07) is 0.615. The molecule has 0 aromatic carbocycles. The van der Waals surface area contributed by atoms with Crippen LogP contribution >= 0.6 is 0 Å². The van der Waals surface area contributed by atoms with Gasteiger partial charge in [-0.3, -0.25) is 0 Å². The maximum atomic E-state index is 11.6. The zero-order valence-corrected chi connectivity index (χ0v) is 12.5. The number of aromatic amines is 1. The molecule has 6 nitrogen and oxygen atoms in total. The molecule has 1 aromatic rings. The minimum atomic E-state index is -0.194. The lowest BCUT2D eigenvalue weighted by Gasteiger charge is -2.32. The van der Waals surface area contributed by atoms with Gasteiger partial charge in [-0.2, -0.15) is 0 Å². The van der Waals surface area contributed by atoms with E-state index in [1.165, 1.54) is 0 Å². The second-order valence-corrected chi connectivity index (χ2v) is 5.30. The number of imidazole rings is 1. The average molecular weight is 280 g/mol. The highest BCUT2D eigenvalue weighted by molar-refractivity contribution is 5.67. The highest BCUT2D eigenvalue weighted by Crippen LogP contribution is 2.16. The van der Waals surface area contributed by atoms with Crippen molar-refractivity contribution in [3.63, 3.8) is 0 Å². The molecule has 6 heteroatoms. The van der Waals surface area contributed by atoms with E-state index in [1.54, 1.807) is 4.90 Å². The number of carbonyl (C=O) groups excluding carboxylic acids is 1. The van der Waals surface area contributed by atoms with E-state index in [0.717, 1.165) is 37.4 Å². The lowest BCUT2D eigenvalue weighted by Crippen LogP contribution is -2.45. The third-order valence-corrected chi connectivity index (χ3v) is 3.64. The molecule has 1 saturated heterocycles. The van der Waals surface area contributed by atoms with Gasteiger partial charge in [-0.05, 0) is 33.6 Å². The van der Waals surface area contributed by atoms with Crippen LogP contribution in [0.1, 0.15) is 44.2 Å². The Bertz CT molecular complexity index is 438. The second kappa shape index (κ2) is 6.74. The van der Waals surface area contributed by atoms with Crippen molar-refractivity contribution in [1.82, 2.24) is 20.2 Å². The third kappa shape index (κ3) is 3.72. The molecule has 2 N–H and O–H groups in total. The summed E-state index contributed by atoms with van der Waals surface area (Å²) in [6.07, 6.45) is 3.54. The molecule has 112 valence electrons. The first-order valence-corrected chi connectivity index (χ1v) is 7.29. The van der Waals surface area contributed by atoms with Gasteiger partial charge in [-0.1, -0.05) is 0 Å². The van der Waals surface area contributed by atoms with Gasteiger partial charge in [0, 0.05) is 31.0 Å². The monoisotopic (exact) mass is 280 g/mol. The Hall–Kier alpha value is -1.56. The SMILES string of the molecule is CCOC(=O)N1CCC(N[C@@H](C)c2ncc(C)[nH]2)CC1. The summed E-state index contributed by atoms with van der Waals surface area (Å²) in [5, 5.41) is 3.57. The first-order chi connectivity index (χ1) is 9.60. The van der Waals surface area contributed by atoms with E-state index in [-0.39, 0.29) is 12.1 Å². The van der Waals surface area contributed by atoms with Gasteiger partial charge >= 0.3 is 6.09 Å². The number of carbonyl (C=O) groups is 1. The number of hydrogen-bond donors (Lipinski definition) is 2. The predicted octanol–water partition coefficient (Wildman–Crippen LogP) is 1.99. The van der Waals surface area contributed by atoms with Crippen LogP contribution in [0.25, 0.3) is 0 Å². The molecule has 1 aromatic heterocycles. The van der Waals surface area contributed by atoms with Gasteiger partial charge < -0.3 is 19.9 Å². The van der Waals surface area contributed by atoms with Gasteiger partial charge in [0.15, 0.2) is 0 Å². The number of piperidine rings is 1. The Labute approximate surface area is 119 Å². The van der Waals surface area contributed by atoms with E-state index in [2.05, 4.69) is 22.2 Å². The molecule has 20 heavy (non-hydrogen) atoms. The van der Waals surface area contributed by atoms with Crippen LogP contribution in [-0.2, 0) is 4.74 Å². The summed E-state index contributed by atoms with van der Waals surface area (Å²) in [4.78, 5) is 21.0. The molecule has 2 heterocycles. The summed E-state index contributed by atoms with van der Waals surface area (Å²) < 4.78 is 5.02. The van der Waals surface area contributed by atoms with Crippen molar-refractivity contribution in [3.8, 4) is 0 Å². The van der Waals surface area contributed by atoms with Crippen LogP contribution in [0.15, 0.2) is 6.20 Å². The minimum Gasteiger partial charge on any atom is -0.450 e. The standard InChI is InChI=1S/C14H24N4O2/c1-4-20-14(19)18-7-5-12(6-8-18)17-11(3)13-15-9-10(2)16-13/h9,11-12,17H,4-8H2,1-3H3,(H,15,16)/t11-/m0/s1. The molecule has 0 bridgehead atoms. The summed E-state index contributed by atoms with van der Waals surface area (Å²) in [5.41, 5.74) is 1.07. The lowest BCUT2D eigenvalue weighted by atomic mass is 10.0. The number of H-pyrrole nitrogens is 1. The molecule has 0 spiro atoms. The first kappa shape index (κ1) is 14.8. The van der Waals surface area contributed by atoms with Crippen molar-refractivity contribution in [2.75, 3.05) is 19.7 Å². The fraction of sp³-hybridized carbons (Fsp3) is 0.714. The van der Waals surface area contributed by atoms with Crippen molar-refractivity contribution >= 4 is 6.09 Å². The van der Waals surface area contributed by atoms with Gasteiger partial charge in [-0.15, -0.1) is 0 Å². The molecule has 0 unspecified atom stereocenters. The molecular formula is C14H24N4O2. The zero-order valence-electron chi connectivity index (χ0n) is 12.5. The smallest absolute Gasteiger partial charge is 0.409 e. The fourth-order valence-corrected chi connectivity index (χ4v) is 2.53. The largest absolute Gasteiger partial charge is 0.450 e.